The molecular weight excluding hydrogens is 491 g/mol. The van der Waals surface area contributed by atoms with Crippen molar-refractivity contribution in [2.24, 2.45) is 4.99 Å². The number of guanidine groups is 1. The summed E-state index contributed by atoms with van der Waals surface area (Å²) in [6, 6.07) is 16.7. The molecule has 30 heavy (non-hydrogen) atoms. The molecule has 0 aliphatic carbocycles. The summed E-state index contributed by atoms with van der Waals surface area (Å²) in [6.07, 6.45) is 1.03. The molecule has 2 aliphatic rings. The number of hydrogen-bond acceptors (Lipinski definition) is 4. The number of hydrogen-bond donors (Lipinski definition) is 1. The number of para-hydroxylation sites is 1. The minimum Gasteiger partial charge on any atom is -0.497 e. The van der Waals surface area contributed by atoms with Gasteiger partial charge in [0, 0.05) is 57.4 Å². The second-order valence-corrected chi connectivity index (χ2v) is 7.48. The molecule has 6 nitrogen and oxygen atoms in total. The Morgan fingerprint density at radius 2 is 1.93 bits per heavy atom. The number of fused-ring (bicyclic) bond motifs is 1. The van der Waals surface area contributed by atoms with E-state index in [9.17, 15) is 0 Å². The van der Waals surface area contributed by atoms with Crippen LogP contribution in [-0.4, -0.2) is 64.3 Å². The van der Waals surface area contributed by atoms with Gasteiger partial charge in [-0.1, -0.05) is 24.3 Å². The topological polar surface area (TPSA) is 49.3 Å². The van der Waals surface area contributed by atoms with E-state index < -0.39 is 0 Å². The van der Waals surface area contributed by atoms with Gasteiger partial charge in [0.15, 0.2) is 5.96 Å². The van der Waals surface area contributed by atoms with Crippen LogP contribution in [0.25, 0.3) is 0 Å². The van der Waals surface area contributed by atoms with Crippen LogP contribution in [0.3, 0.4) is 0 Å². The number of ether oxygens (including phenoxy) is 2. The number of nitrogens with zero attached hydrogens (tertiary/aromatic N) is 3. The van der Waals surface area contributed by atoms with Crippen molar-refractivity contribution in [3.8, 4) is 11.5 Å². The van der Waals surface area contributed by atoms with Crippen molar-refractivity contribution in [1.29, 1.82) is 0 Å². The lowest BCUT2D eigenvalue weighted by molar-refractivity contribution is 0.266. The number of nitrogens with one attached hydrogen (secondary N) is 1. The van der Waals surface area contributed by atoms with Crippen LogP contribution < -0.4 is 19.7 Å². The highest BCUT2D eigenvalue weighted by molar-refractivity contribution is 14.0. The first-order chi connectivity index (χ1) is 14.3. The summed E-state index contributed by atoms with van der Waals surface area (Å²) in [6.45, 7) is 5.48. The lowest BCUT2D eigenvalue weighted by Crippen LogP contribution is -2.53. The highest BCUT2D eigenvalue weighted by atomic mass is 127. The van der Waals surface area contributed by atoms with Crippen molar-refractivity contribution in [3.05, 3.63) is 54.1 Å². The number of methoxy groups -OCH3 is 1. The first-order valence-electron chi connectivity index (χ1n) is 10.3. The van der Waals surface area contributed by atoms with Crippen LogP contribution in [0.5, 0.6) is 11.5 Å². The maximum absolute atomic E-state index is 5.79. The molecule has 0 spiro atoms. The van der Waals surface area contributed by atoms with E-state index >= 15 is 0 Å². The van der Waals surface area contributed by atoms with Gasteiger partial charge in [-0.05, 0) is 30.2 Å². The SMILES string of the molecule is CN=C(NCC1CCOc2ccccc21)N1CCN(c2cccc(OC)c2)CC1.I. The maximum atomic E-state index is 5.79. The molecule has 0 radical (unpaired) electrons. The van der Waals surface area contributed by atoms with Crippen LogP contribution in [0.15, 0.2) is 53.5 Å². The summed E-state index contributed by atoms with van der Waals surface area (Å²) in [5.74, 6) is 3.36. The zero-order valence-corrected chi connectivity index (χ0v) is 20.0. The lowest BCUT2D eigenvalue weighted by Gasteiger charge is -2.38. The number of anilines is 1. The Morgan fingerprint density at radius 3 is 2.70 bits per heavy atom. The van der Waals surface area contributed by atoms with Gasteiger partial charge in [-0.25, -0.2) is 0 Å². The number of piperazine rings is 1. The second kappa shape index (κ2) is 10.7. The number of halogens is 1. The van der Waals surface area contributed by atoms with Crippen LogP contribution in [0, 0.1) is 0 Å². The Kier molecular flexibility index (Phi) is 8.07. The van der Waals surface area contributed by atoms with Gasteiger partial charge in [-0.3, -0.25) is 4.99 Å². The highest BCUT2D eigenvalue weighted by Crippen LogP contribution is 2.32. The zero-order valence-electron chi connectivity index (χ0n) is 17.7. The van der Waals surface area contributed by atoms with Gasteiger partial charge in [-0.2, -0.15) is 0 Å². The molecule has 1 atom stereocenters. The van der Waals surface area contributed by atoms with Gasteiger partial charge >= 0.3 is 0 Å². The van der Waals surface area contributed by atoms with E-state index in [1.807, 2.05) is 25.2 Å². The van der Waals surface area contributed by atoms with E-state index in [4.69, 9.17) is 9.47 Å². The smallest absolute Gasteiger partial charge is 0.193 e. The monoisotopic (exact) mass is 522 g/mol. The van der Waals surface area contributed by atoms with E-state index in [2.05, 4.69) is 50.4 Å². The van der Waals surface area contributed by atoms with Gasteiger partial charge in [0.25, 0.3) is 0 Å². The molecule has 2 aliphatic heterocycles. The van der Waals surface area contributed by atoms with Gasteiger partial charge in [0.2, 0.25) is 0 Å². The predicted molar refractivity (Wildman–Crippen MR) is 133 cm³/mol. The molecule has 4 rings (SSSR count). The Bertz CT molecular complexity index is 853. The molecule has 7 heteroatoms. The minimum atomic E-state index is 0. The third kappa shape index (κ3) is 5.11. The van der Waals surface area contributed by atoms with Gasteiger partial charge in [0.05, 0.1) is 13.7 Å². The summed E-state index contributed by atoms with van der Waals surface area (Å²) in [4.78, 5) is 9.29. The standard InChI is InChI=1S/C23H30N4O2.HI/c1-24-23(25-17-18-10-15-29-22-9-4-3-8-21(18)22)27-13-11-26(12-14-27)19-6-5-7-20(16-19)28-2;/h3-9,16,18H,10-15,17H2,1-2H3,(H,24,25);1H. The van der Waals surface area contributed by atoms with Gasteiger partial charge in [-0.15, -0.1) is 24.0 Å². The lowest BCUT2D eigenvalue weighted by atomic mass is 9.93. The van der Waals surface area contributed by atoms with E-state index in [0.29, 0.717) is 5.92 Å². The molecule has 0 aromatic heterocycles. The normalized spacial score (nSPS) is 18.7. The molecule has 0 amide bonds. The molecule has 2 aromatic rings. The van der Waals surface area contributed by atoms with Crippen LogP contribution in [0.2, 0.25) is 0 Å². The van der Waals surface area contributed by atoms with Crippen LogP contribution in [0.1, 0.15) is 17.9 Å². The van der Waals surface area contributed by atoms with Crippen LogP contribution in [0.4, 0.5) is 5.69 Å². The fourth-order valence-corrected chi connectivity index (χ4v) is 4.16. The highest BCUT2D eigenvalue weighted by Gasteiger charge is 2.24. The first-order valence-corrected chi connectivity index (χ1v) is 10.3. The van der Waals surface area contributed by atoms with Crippen LogP contribution >= 0.6 is 24.0 Å². The molecule has 1 N–H and O–H groups in total. The number of benzene rings is 2. The average molecular weight is 522 g/mol. The summed E-state index contributed by atoms with van der Waals surface area (Å²) in [5, 5.41) is 3.60. The number of rotatable bonds is 4. The van der Waals surface area contributed by atoms with E-state index in [1.54, 1.807) is 7.11 Å². The summed E-state index contributed by atoms with van der Waals surface area (Å²) >= 11 is 0. The zero-order chi connectivity index (χ0) is 20.1. The van der Waals surface area contributed by atoms with E-state index in [-0.39, 0.29) is 24.0 Å². The molecule has 1 fully saturated rings. The third-order valence-electron chi connectivity index (χ3n) is 5.80. The Labute approximate surface area is 196 Å². The largest absolute Gasteiger partial charge is 0.497 e. The van der Waals surface area contributed by atoms with E-state index in [1.165, 1.54) is 11.3 Å². The molecule has 1 saturated heterocycles. The van der Waals surface area contributed by atoms with Crippen molar-refractivity contribution in [2.45, 2.75) is 12.3 Å². The van der Waals surface area contributed by atoms with Crippen molar-refractivity contribution < 1.29 is 9.47 Å². The molecule has 1 unspecified atom stereocenters. The minimum absolute atomic E-state index is 0. The maximum Gasteiger partial charge on any atom is 0.193 e. The van der Waals surface area contributed by atoms with Crippen molar-refractivity contribution in [1.82, 2.24) is 10.2 Å². The Morgan fingerprint density at radius 1 is 1.13 bits per heavy atom. The fraction of sp³-hybridized carbons (Fsp3) is 0.435. The molecule has 162 valence electrons. The first kappa shape index (κ1) is 22.5. The Hall–Kier alpha value is -2.16. The van der Waals surface area contributed by atoms with Crippen molar-refractivity contribution in [3.63, 3.8) is 0 Å². The quantitative estimate of drug-likeness (QED) is 0.378. The molecule has 2 heterocycles. The van der Waals surface area contributed by atoms with Gasteiger partial charge in [0.1, 0.15) is 11.5 Å². The van der Waals surface area contributed by atoms with Crippen LogP contribution in [-0.2, 0) is 0 Å². The average Bonchev–Trinajstić information content (AvgIpc) is 2.80. The van der Waals surface area contributed by atoms with Crippen molar-refractivity contribution >= 4 is 35.6 Å². The Balaban J connectivity index is 0.00000256. The molecule has 2 aromatic carbocycles. The molecule has 0 saturated carbocycles. The predicted octanol–water partition coefficient (Wildman–Crippen LogP) is 3.58. The molecule has 0 bridgehead atoms. The summed E-state index contributed by atoms with van der Waals surface area (Å²) in [5.41, 5.74) is 2.51. The summed E-state index contributed by atoms with van der Waals surface area (Å²) in [7, 11) is 3.58. The summed E-state index contributed by atoms with van der Waals surface area (Å²) < 4.78 is 11.2. The third-order valence-corrected chi connectivity index (χ3v) is 5.80. The fourth-order valence-electron chi connectivity index (χ4n) is 4.16. The van der Waals surface area contributed by atoms with Gasteiger partial charge < -0.3 is 24.6 Å². The number of aliphatic imine (C=N–C) groups is 1. The second-order valence-electron chi connectivity index (χ2n) is 7.48. The van der Waals surface area contributed by atoms with Crippen molar-refractivity contribution in [2.75, 3.05) is 58.4 Å². The van der Waals surface area contributed by atoms with E-state index in [0.717, 1.165) is 63.2 Å². The molecular formula is C23H31IN4O2.